The highest BCUT2D eigenvalue weighted by atomic mass is 16.6. The Bertz CT molecular complexity index is 504. The van der Waals surface area contributed by atoms with Gasteiger partial charge in [0.1, 0.15) is 13.2 Å². The minimum Gasteiger partial charge on any atom is -0.448 e. The summed E-state index contributed by atoms with van der Waals surface area (Å²) in [6.45, 7) is 0.724. The average Bonchev–Trinajstić information content (AvgIpc) is 2.76. The summed E-state index contributed by atoms with van der Waals surface area (Å²) in [6.07, 6.45) is -0.468. The third-order valence-electron chi connectivity index (χ3n) is 2.48. The zero-order valence-corrected chi connectivity index (χ0v) is 9.55. The van der Waals surface area contributed by atoms with E-state index >= 15 is 0 Å². The summed E-state index contributed by atoms with van der Waals surface area (Å²) in [5.41, 5.74) is 1.11. The predicted octanol–water partition coefficient (Wildman–Crippen LogP) is 0.949. The van der Waals surface area contributed by atoms with E-state index in [0.717, 1.165) is 0 Å². The van der Waals surface area contributed by atoms with Gasteiger partial charge in [-0.3, -0.25) is 9.69 Å². The van der Waals surface area contributed by atoms with E-state index in [-0.39, 0.29) is 12.5 Å². The zero-order valence-electron chi connectivity index (χ0n) is 9.55. The Balaban J connectivity index is 1.90. The van der Waals surface area contributed by atoms with Crippen LogP contribution in [-0.4, -0.2) is 36.6 Å². The van der Waals surface area contributed by atoms with Crippen LogP contribution < -0.4 is 5.32 Å². The molecule has 0 atom stereocenters. The molecule has 0 saturated carbocycles. The van der Waals surface area contributed by atoms with Crippen LogP contribution in [-0.2, 0) is 9.53 Å². The van der Waals surface area contributed by atoms with Crippen LogP contribution in [0.4, 0.5) is 10.5 Å². The summed E-state index contributed by atoms with van der Waals surface area (Å²) in [4.78, 5) is 24.1. The molecule has 6 nitrogen and oxygen atoms in total. The number of amides is 2. The van der Waals surface area contributed by atoms with E-state index in [2.05, 4.69) is 5.32 Å². The van der Waals surface area contributed by atoms with Gasteiger partial charge in [-0.1, -0.05) is 0 Å². The lowest BCUT2D eigenvalue weighted by atomic mass is 10.2. The summed E-state index contributed by atoms with van der Waals surface area (Å²) in [6, 6.07) is 8.49. The van der Waals surface area contributed by atoms with Crippen molar-refractivity contribution in [3.8, 4) is 6.07 Å². The number of carbonyl (C=O) groups is 2. The first-order valence-electron chi connectivity index (χ1n) is 5.41. The van der Waals surface area contributed by atoms with Crippen molar-refractivity contribution in [3.63, 3.8) is 0 Å². The van der Waals surface area contributed by atoms with E-state index in [1.807, 2.05) is 6.07 Å². The lowest BCUT2D eigenvalue weighted by molar-refractivity contribution is -0.116. The molecular weight excluding hydrogens is 234 g/mol. The van der Waals surface area contributed by atoms with E-state index in [1.165, 1.54) is 4.90 Å². The van der Waals surface area contributed by atoms with E-state index in [9.17, 15) is 9.59 Å². The number of cyclic esters (lactones) is 1. The maximum atomic E-state index is 11.6. The van der Waals surface area contributed by atoms with Gasteiger partial charge in [0.05, 0.1) is 18.2 Å². The molecule has 1 N–H and O–H groups in total. The molecule has 0 unspecified atom stereocenters. The fraction of sp³-hybridized carbons (Fsp3) is 0.250. The van der Waals surface area contributed by atoms with Gasteiger partial charge in [-0.25, -0.2) is 4.79 Å². The number of hydrogen-bond acceptors (Lipinski definition) is 4. The Morgan fingerprint density at radius 3 is 2.72 bits per heavy atom. The van der Waals surface area contributed by atoms with Crippen molar-refractivity contribution in [1.82, 2.24) is 4.90 Å². The quantitative estimate of drug-likeness (QED) is 0.859. The third kappa shape index (κ3) is 2.77. The lowest BCUT2D eigenvalue weighted by Crippen LogP contribution is -2.33. The van der Waals surface area contributed by atoms with Gasteiger partial charge >= 0.3 is 6.09 Å². The smallest absolute Gasteiger partial charge is 0.410 e. The standard InChI is InChI=1S/C12H11N3O3/c13-7-9-1-3-10(4-2-9)14-11(16)8-15-5-6-18-12(15)17/h1-4H,5-6,8H2,(H,14,16). The van der Waals surface area contributed by atoms with Crippen molar-refractivity contribution in [3.05, 3.63) is 29.8 Å². The van der Waals surface area contributed by atoms with Gasteiger partial charge in [0.15, 0.2) is 0 Å². The predicted molar refractivity (Wildman–Crippen MR) is 62.7 cm³/mol. The molecule has 0 aliphatic carbocycles. The summed E-state index contributed by atoms with van der Waals surface area (Å²) in [5, 5.41) is 11.3. The molecule has 1 heterocycles. The molecule has 0 aromatic heterocycles. The molecular formula is C12H11N3O3. The van der Waals surface area contributed by atoms with Crippen LogP contribution >= 0.6 is 0 Å². The van der Waals surface area contributed by atoms with E-state index in [1.54, 1.807) is 24.3 Å². The number of ether oxygens (including phenoxy) is 1. The van der Waals surface area contributed by atoms with Crippen molar-refractivity contribution >= 4 is 17.7 Å². The minimum atomic E-state index is -0.468. The fourth-order valence-electron chi connectivity index (χ4n) is 1.57. The Labute approximate surface area is 104 Å². The van der Waals surface area contributed by atoms with Crippen LogP contribution in [0.3, 0.4) is 0 Å². The van der Waals surface area contributed by atoms with Crippen molar-refractivity contribution in [1.29, 1.82) is 5.26 Å². The summed E-state index contributed by atoms with van der Waals surface area (Å²) in [5.74, 6) is -0.293. The number of nitrogens with zero attached hydrogens (tertiary/aromatic N) is 2. The van der Waals surface area contributed by atoms with Gasteiger partial charge < -0.3 is 10.1 Å². The maximum Gasteiger partial charge on any atom is 0.410 e. The first-order chi connectivity index (χ1) is 8.69. The molecule has 2 rings (SSSR count). The number of rotatable bonds is 3. The molecule has 2 amide bonds. The monoisotopic (exact) mass is 245 g/mol. The maximum absolute atomic E-state index is 11.6. The fourth-order valence-corrected chi connectivity index (χ4v) is 1.57. The van der Waals surface area contributed by atoms with Crippen LogP contribution in [0.2, 0.25) is 0 Å². The SMILES string of the molecule is N#Cc1ccc(NC(=O)CN2CCOC2=O)cc1. The molecule has 1 aliphatic rings. The molecule has 1 fully saturated rings. The molecule has 1 aliphatic heterocycles. The van der Waals surface area contributed by atoms with Crippen molar-refractivity contribution in [2.45, 2.75) is 0 Å². The molecule has 1 aromatic carbocycles. The van der Waals surface area contributed by atoms with Crippen molar-refractivity contribution in [2.24, 2.45) is 0 Å². The highest BCUT2D eigenvalue weighted by Gasteiger charge is 2.23. The van der Waals surface area contributed by atoms with Gasteiger partial charge in [0.2, 0.25) is 5.91 Å². The van der Waals surface area contributed by atoms with Crippen LogP contribution in [0.5, 0.6) is 0 Å². The second-order valence-electron chi connectivity index (χ2n) is 3.77. The van der Waals surface area contributed by atoms with Crippen molar-refractivity contribution in [2.75, 3.05) is 25.0 Å². The van der Waals surface area contributed by atoms with E-state index in [4.69, 9.17) is 10.00 Å². The molecule has 0 radical (unpaired) electrons. The molecule has 92 valence electrons. The number of nitriles is 1. The Kier molecular flexibility index (Phi) is 3.44. The van der Waals surface area contributed by atoms with E-state index < -0.39 is 6.09 Å². The number of nitrogens with one attached hydrogen (secondary N) is 1. The Morgan fingerprint density at radius 2 is 2.17 bits per heavy atom. The summed E-state index contributed by atoms with van der Waals surface area (Å²) >= 11 is 0. The Morgan fingerprint density at radius 1 is 1.44 bits per heavy atom. The largest absolute Gasteiger partial charge is 0.448 e. The highest BCUT2D eigenvalue weighted by Crippen LogP contribution is 2.09. The van der Waals surface area contributed by atoms with Crippen molar-refractivity contribution < 1.29 is 14.3 Å². The second kappa shape index (κ2) is 5.19. The second-order valence-corrected chi connectivity index (χ2v) is 3.77. The van der Waals surface area contributed by atoms with Crippen LogP contribution in [0, 0.1) is 11.3 Å². The van der Waals surface area contributed by atoms with Crippen LogP contribution in [0.1, 0.15) is 5.56 Å². The molecule has 6 heteroatoms. The zero-order chi connectivity index (χ0) is 13.0. The van der Waals surface area contributed by atoms with Crippen LogP contribution in [0.15, 0.2) is 24.3 Å². The first-order valence-corrected chi connectivity index (χ1v) is 5.41. The highest BCUT2D eigenvalue weighted by molar-refractivity contribution is 5.94. The third-order valence-corrected chi connectivity index (χ3v) is 2.48. The first kappa shape index (κ1) is 11.9. The number of anilines is 1. The topological polar surface area (TPSA) is 82.4 Å². The minimum absolute atomic E-state index is 0.0289. The van der Waals surface area contributed by atoms with Crippen LogP contribution in [0.25, 0.3) is 0 Å². The lowest BCUT2D eigenvalue weighted by Gasteiger charge is -2.12. The average molecular weight is 245 g/mol. The van der Waals surface area contributed by atoms with Gasteiger partial charge in [-0.2, -0.15) is 5.26 Å². The molecule has 18 heavy (non-hydrogen) atoms. The molecule has 1 aromatic rings. The summed E-state index contributed by atoms with van der Waals surface area (Å²) in [7, 11) is 0. The molecule has 0 spiro atoms. The molecule has 0 bridgehead atoms. The van der Waals surface area contributed by atoms with Gasteiger partial charge in [-0.15, -0.1) is 0 Å². The number of benzene rings is 1. The normalized spacial score (nSPS) is 13.9. The van der Waals surface area contributed by atoms with Gasteiger partial charge in [0, 0.05) is 5.69 Å². The summed E-state index contributed by atoms with van der Waals surface area (Å²) < 4.78 is 4.72. The molecule has 1 saturated heterocycles. The number of hydrogen-bond donors (Lipinski definition) is 1. The van der Waals surface area contributed by atoms with Gasteiger partial charge in [-0.05, 0) is 24.3 Å². The number of carbonyl (C=O) groups excluding carboxylic acids is 2. The van der Waals surface area contributed by atoms with Gasteiger partial charge in [0.25, 0.3) is 0 Å². The Hall–Kier alpha value is -2.55. The van der Waals surface area contributed by atoms with E-state index in [0.29, 0.717) is 24.4 Å².